The van der Waals surface area contributed by atoms with Gasteiger partial charge >= 0.3 is 0 Å². The lowest BCUT2D eigenvalue weighted by Crippen LogP contribution is -2.13. The quantitative estimate of drug-likeness (QED) is 0.813. The summed E-state index contributed by atoms with van der Waals surface area (Å²) in [6, 6.07) is 9.78. The number of halogens is 2. The van der Waals surface area contributed by atoms with Crippen LogP contribution in [0, 0.1) is 11.3 Å². The van der Waals surface area contributed by atoms with E-state index in [-0.39, 0.29) is 16.5 Å². The lowest BCUT2D eigenvalue weighted by atomic mass is 10.2. The Balaban J connectivity index is 2.32. The van der Waals surface area contributed by atoms with E-state index in [9.17, 15) is 4.79 Å². The topological polar surface area (TPSA) is 91.8 Å². The highest BCUT2D eigenvalue weighted by molar-refractivity contribution is 9.10. The van der Waals surface area contributed by atoms with E-state index >= 15 is 0 Å². The van der Waals surface area contributed by atoms with Gasteiger partial charge in [-0.2, -0.15) is 5.26 Å². The van der Waals surface area contributed by atoms with Crippen LogP contribution < -0.4 is 11.1 Å². The third kappa shape index (κ3) is 3.26. The third-order valence-corrected chi connectivity index (χ3v) is 3.11. The van der Waals surface area contributed by atoms with Crippen LogP contribution in [0.3, 0.4) is 0 Å². The highest BCUT2D eigenvalue weighted by atomic mass is 79.9. The highest BCUT2D eigenvalue weighted by Gasteiger charge is 2.11. The lowest BCUT2D eigenvalue weighted by Gasteiger charge is -2.08. The third-order valence-electron chi connectivity index (χ3n) is 2.43. The number of carbonyl (C=O) groups is 1. The van der Waals surface area contributed by atoms with Gasteiger partial charge in [-0.25, -0.2) is 4.98 Å². The van der Waals surface area contributed by atoms with E-state index in [2.05, 4.69) is 26.2 Å². The van der Waals surface area contributed by atoms with Crippen molar-refractivity contribution in [1.82, 2.24) is 4.98 Å². The molecule has 0 aliphatic heterocycles. The van der Waals surface area contributed by atoms with E-state index in [1.165, 1.54) is 12.1 Å². The highest BCUT2D eigenvalue weighted by Crippen LogP contribution is 2.22. The van der Waals surface area contributed by atoms with E-state index in [1.807, 2.05) is 6.07 Å². The van der Waals surface area contributed by atoms with E-state index < -0.39 is 5.91 Å². The second kappa shape index (κ2) is 5.90. The minimum atomic E-state index is -0.421. The second-order valence-corrected chi connectivity index (χ2v) is 5.16. The number of nitrogens with two attached hydrogens (primary N) is 1. The number of nitrogen functional groups attached to an aromatic ring is 1. The standard InChI is InChI=1S/C13H8BrClN4O/c14-9-2-1-7(6-16)10(5-9)18-13(20)8-3-11(15)19-12(17)4-8/h1-5H,(H2,17,19)(H,18,20). The predicted molar refractivity (Wildman–Crippen MR) is 80.5 cm³/mol. The average molecular weight is 352 g/mol. The summed E-state index contributed by atoms with van der Waals surface area (Å²) in [5.41, 5.74) is 6.56. The van der Waals surface area contributed by atoms with Crippen LogP contribution in [-0.2, 0) is 0 Å². The molecule has 0 saturated carbocycles. The molecule has 5 nitrogen and oxygen atoms in total. The molecule has 0 saturated heterocycles. The van der Waals surface area contributed by atoms with E-state index in [1.54, 1.807) is 18.2 Å². The number of nitriles is 1. The summed E-state index contributed by atoms with van der Waals surface area (Å²) in [5.74, 6) is -0.270. The molecule has 0 unspecified atom stereocenters. The van der Waals surface area contributed by atoms with Gasteiger partial charge in [0.15, 0.2) is 0 Å². The molecule has 7 heteroatoms. The van der Waals surface area contributed by atoms with Crippen molar-refractivity contribution < 1.29 is 4.79 Å². The molecule has 100 valence electrons. The summed E-state index contributed by atoms with van der Waals surface area (Å²) in [6.45, 7) is 0. The molecule has 0 aliphatic rings. The number of rotatable bonds is 2. The maximum absolute atomic E-state index is 12.1. The van der Waals surface area contributed by atoms with Crippen molar-refractivity contribution in [2.45, 2.75) is 0 Å². The van der Waals surface area contributed by atoms with E-state index in [4.69, 9.17) is 22.6 Å². The van der Waals surface area contributed by atoms with Gasteiger partial charge in [0.25, 0.3) is 5.91 Å². The number of aromatic nitrogens is 1. The van der Waals surface area contributed by atoms with Gasteiger partial charge in [0, 0.05) is 10.0 Å². The van der Waals surface area contributed by atoms with Crippen molar-refractivity contribution in [1.29, 1.82) is 5.26 Å². The van der Waals surface area contributed by atoms with Gasteiger partial charge in [0.2, 0.25) is 0 Å². The summed E-state index contributed by atoms with van der Waals surface area (Å²) >= 11 is 9.03. The second-order valence-electron chi connectivity index (χ2n) is 3.86. The van der Waals surface area contributed by atoms with Crippen molar-refractivity contribution in [2.75, 3.05) is 11.1 Å². The molecule has 20 heavy (non-hydrogen) atoms. The predicted octanol–water partition coefficient (Wildman–Crippen LogP) is 3.20. The number of hydrogen-bond donors (Lipinski definition) is 2. The zero-order chi connectivity index (χ0) is 14.7. The van der Waals surface area contributed by atoms with E-state index in [0.29, 0.717) is 11.3 Å². The van der Waals surface area contributed by atoms with Crippen LogP contribution in [0.1, 0.15) is 15.9 Å². The molecular formula is C13H8BrClN4O. The van der Waals surface area contributed by atoms with Gasteiger partial charge in [-0.15, -0.1) is 0 Å². The number of nitrogens with one attached hydrogen (secondary N) is 1. The minimum absolute atomic E-state index is 0.130. The lowest BCUT2D eigenvalue weighted by molar-refractivity contribution is 0.102. The first-order chi connectivity index (χ1) is 9.49. The number of anilines is 2. The minimum Gasteiger partial charge on any atom is -0.384 e. The first kappa shape index (κ1) is 14.3. The van der Waals surface area contributed by atoms with Gasteiger partial charge in [0.05, 0.1) is 11.3 Å². The van der Waals surface area contributed by atoms with Crippen molar-refractivity contribution >= 4 is 44.9 Å². The van der Waals surface area contributed by atoms with Crippen LogP contribution in [0.2, 0.25) is 5.15 Å². The molecule has 1 aromatic carbocycles. The van der Waals surface area contributed by atoms with Crippen molar-refractivity contribution in [3.8, 4) is 6.07 Å². The average Bonchev–Trinajstić information content (AvgIpc) is 2.37. The maximum Gasteiger partial charge on any atom is 0.255 e. The summed E-state index contributed by atoms with van der Waals surface area (Å²) in [4.78, 5) is 15.9. The number of nitrogens with zero attached hydrogens (tertiary/aromatic N) is 2. The first-order valence-electron chi connectivity index (χ1n) is 5.43. The number of hydrogen-bond acceptors (Lipinski definition) is 4. The fourth-order valence-corrected chi connectivity index (χ4v) is 2.14. The molecule has 1 heterocycles. The number of benzene rings is 1. The van der Waals surface area contributed by atoms with Crippen LogP contribution in [0.4, 0.5) is 11.5 Å². The van der Waals surface area contributed by atoms with Crippen LogP contribution in [0.5, 0.6) is 0 Å². The van der Waals surface area contributed by atoms with Crippen molar-refractivity contribution in [3.63, 3.8) is 0 Å². The van der Waals surface area contributed by atoms with Crippen LogP contribution in [0.15, 0.2) is 34.8 Å². The largest absolute Gasteiger partial charge is 0.384 e. The Hall–Kier alpha value is -2.10. The fraction of sp³-hybridized carbons (Fsp3) is 0. The van der Waals surface area contributed by atoms with Crippen LogP contribution in [-0.4, -0.2) is 10.9 Å². The van der Waals surface area contributed by atoms with Crippen molar-refractivity contribution in [2.24, 2.45) is 0 Å². The molecule has 0 bridgehead atoms. The van der Waals surface area contributed by atoms with Crippen molar-refractivity contribution in [3.05, 3.63) is 51.1 Å². The first-order valence-corrected chi connectivity index (χ1v) is 6.61. The maximum atomic E-state index is 12.1. The Bertz CT molecular complexity index is 707. The number of carbonyl (C=O) groups excluding carboxylic acids is 1. The Morgan fingerprint density at radius 2 is 2.15 bits per heavy atom. The summed E-state index contributed by atoms with van der Waals surface area (Å²) < 4.78 is 0.749. The monoisotopic (exact) mass is 350 g/mol. The zero-order valence-corrected chi connectivity index (χ0v) is 12.4. The molecule has 3 N–H and O–H groups in total. The van der Waals surface area contributed by atoms with Crippen LogP contribution >= 0.6 is 27.5 Å². The van der Waals surface area contributed by atoms with Gasteiger partial charge in [-0.3, -0.25) is 4.79 Å². The molecule has 1 amide bonds. The Kier molecular flexibility index (Phi) is 4.23. The molecule has 0 radical (unpaired) electrons. The van der Waals surface area contributed by atoms with Crippen LogP contribution in [0.25, 0.3) is 0 Å². The number of pyridine rings is 1. The normalized spacial score (nSPS) is 9.85. The van der Waals surface area contributed by atoms with Gasteiger partial charge in [0.1, 0.15) is 17.0 Å². The molecule has 2 aromatic rings. The molecule has 1 aromatic heterocycles. The smallest absolute Gasteiger partial charge is 0.255 e. The van der Waals surface area contributed by atoms with Gasteiger partial charge < -0.3 is 11.1 Å². The molecule has 2 rings (SSSR count). The fourth-order valence-electron chi connectivity index (χ4n) is 1.56. The molecule has 0 atom stereocenters. The SMILES string of the molecule is N#Cc1ccc(Br)cc1NC(=O)c1cc(N)nc(Cl)c1. The van der Waals surface area contributed by atoms with Gasteiger partial charge in [-0.1, -0.05) is 27.5 Å². The van der Waals surface area contributed by atoms with E-state index in [0.717, 1.165) is 4.47 Å². The molecule has 0 aliphatic carbocycles. The Morgan fingerprint density at radius 1 is 1.40 bits per heavy atom. The number of amides is 1. The zero-order valence-electron chi connectivity index (χ0n) is 10.0. The summed E-state index contributed by atoms with van der Waals surface area (Å²) in [6.07, 6.45) is 0. The molecule has 0 spiro atoms. The Labute approximate surface area is 128 Å². The molecule has 0 fully saturated rings. The van der Waals surface area contributed by atoms with Gasteiger partial charge in [-0.05, 0) is 30.3 Å². The summed E-state index contributed by atoms with van der Waals surface area (Å²) in [7, 11) is 0. The Morgan fingerprint density at radius 3 is 2.80 bits per heavy atom. The summed E-state index contributed by atoms with van der Waals surface area (Å²) in [5, 5.41) is 11.8. The molecular weight excluding hydrogens is 344 g/mol.